The summed E-state index contributed by atoms with van der Waals surface area (Å²) in [4.78, 5) is 10.8. The van der Waals surface area contributed by atoms with Crippen LogP contribution in [-0.4, -0.2) is 11.6 Å². The Morgan fingerprint density at radius 1 is 1.45 bits per heavy atom. The molecule has 0 aliphatic heterocycles. The molecule has 0 fully saturated rings. The number of carboxylic acids is 1. The molecule has 3 nitrogen and oxygen atoms in total. The Bertz CT molecular complexity index is 535. The highest BCUT2D eigenvalue weighted by atomic mass is 19.1. The summed E-state index contributed by atoms with van der Waals surface area (Å²) in [7, 11) is 0. The van der Waals surface area contributed by atoms with Gasteiger partial charge in [-0.05, 0) is 51.3 Å². The molecule has 1 aliphatic carbocycles. The van der Waals surface area contributed by atoms with Crippen molar-refractivity contribution in [1.29, 1.82) is 0 Å². The number of hydrogen-bond donors (Lipinski definition) is 0. The first-order chi connectivity index (χ1) is 9.40. The maximum atomic E-state index is 13.8. The zero-order valence-electron chi connectivity index (χ0n) is 11.7. The van der Waals surface area contributed by atoms with E-state index >= 15 is 0 Å². The molecular weight excluding hydrogens is 259 g/mol. The van der Waals surface area contributed by atoms with Gasteiger partial charge < -0.3 is 14.6 Å². The van der Waals surface area contributed by atoms with Crippen LogP contribution in [0.3, 0.4) is 0 Å². The van der Waals surface area contributed by atoms with Gasteiger partial charge >= 0.3 is 0 Å². The van der Waals surface area contributed by atoms with Crippen LogP contribution in [0.2, 0.25) is 0 Å². The van der Waals surface area contributed by atoms with Crippen LogP contribution >= 0.6 is 0 Å². The van der Waals surface area contributed by atoms with Gasteiger partial charge in [0.2, 0.25) is 0 Å². The van der Waals surface area contributed by atoms with Crippen LogP contribution in [0.25, 0.3) is 0 Å². The number of rotatable bonds is 4. The minimum Gasteiger partial charge on any atom is -0.545 e. The number of aromatic carboxylic acids is 1. The first kappa shape index (κ1) is 14.6. The van der Waals surface area contributed by atoms with Crippen LogP contribution in [0.5, 0.6) is 5.75 Å². The molecule has 0 N–H and O–H groups in total. The molecule has 0 radical (unpaired) electrons. The molecule has 0 saturated heterocycles. The van der Waals surface area contributed by atoms with E-state index in [1.807, 2.05) is 13.8 Å². The lowest BCUT2D eigenvalue weighted by atomic mass is 9.83. The summed E-state index contributed by atoms with van der Waals surface area (Å²) in [6.07, 6.45) is 7.30. The van der Waals surface area contributed by atoms with E-state index in [0.717, 1.165) is 25.3 Å². The molecule has 4 heteroatoms. The molecule has 108 valence electrons. The second-order valence-electron chi connectivity index (χ2n) is 5.60. The highest BCUT2D eigenvalue weighted by Gasteiger charge is 2.31. The van der Waals surface area contributed by atoms with Crippen LogP contribution in [0.15, 0.2) is 30.4 Å². The van der Waals surface area contributed by atoms with Crippen LogP contribution in [0.1, 0.15) is 43.5 Å². The van der Waals surface area contributed by atoms with Gasteiger partial charge in [0.05, 0.1) is 5.97 Å². The zero-order valence-corrected chi connectivity index (χ0v) is 11.7. The molecule has 20 heavy (non-hydrogen) atoms. The maximum absolute atomic E-state index is 13.8. The van der Waals surface area contributed by atoms with Crippen molar-refractivity contribution in [2.45, 2.75) is 38.7 Å². The van der Waals surface area contributed by atoms with E-state index < -0.39 is 17.4 Å². The number of carboxylic acid groups (broad SMARTS) is 1. The lowest BCUT2D eigenvalue weighted by Crippen LogP contribution is -2.37. The van der Waals surface area contributed by atoms with Gasteiger partial charge in [-0.3, -0.25) is 0 Å². The molecule has 1 aromatic rings. The van der Waals surface area contributed by atoms with Crippen molar-refractivity contribution in [2.24, 2.45) is 5.92 Å². The molecule has 0 heterocycles. The number of halogens is 1. The van der Waals surface area contributed by atoms with E-state index in [1.165, 1.54) is 12.1 Å². The molecule has 2 rings (SSSR count). The third-order valence-corrected chi connectivity index (χ3v) is 3.69. The molecule has 0 saturated carbocycles. The molecule has 0 spiro atoms. The van der Waals surface area contributed by atoms with Crippen molar-refractivity contribution < 1.29 is 19.0 Å². The van der Waals surface area contributed by atoms with Crippen molar-refractivity contribution >= 4 is 5.97 Å². The molecule has 0 amide bonds. The minimum atomic E-state index is -1.34. The van der Waals surface area contributed by atoms with Crippen LogP contribution in [-0.2, 0) is 0 Å². The average Bonchev–Trinajstić information content (AvgIpc) is 2.42. The van der Waals surface area contributed by atoms with Gasteiger partial charge in [-0.1, -0.05) is 12.2 Å². The van der Waals surface area contributed by atoms with Gasteiger partial charge in [-0.15, -0.1) is 0 Å². The Morgan fingerprint density at radius 3 is 2.80 bits per heavy atom. The van der Waals surface area contributed by atoms with Crippen molar-refractivity contribution in [3.63, 3.8) is 0 Å². The quantitative estimate of drug-likeness (QED) is 0.795. The normalized spacial score (nSPS) is 18.9. The topological polar surface area (TPSA) is 49.4 Å². The third kappa shape index (κ3) is 3.18. The molecule has 1 unspecified atom stereocenters. The largest absolute Gasteiger partial charge is 0.545 e. The first-order valence-electron chi connectivity index (χ1n) is 6.77. The predicted octanol–water partition coefficient (Wildman–Crippen LogP) is 2.70. The fourth-order valence-electron chi connectivity index (χ4n) is 2.46. The first-order valence-corrected chi connectivity index (χ1v) is 6.77. The Labute approximate surface area is 118 Å². The van der Waals surface area contributed by atoms with Crippen LogP contribution in [0, 0.1) is 11.7 Å². The van der Waals surface area contributed by atoms with E-state index in [1.54, 1.807) is 0 Å². The van der Waals surface area contributed by atoms with Crippen molar-refractivity contribution in [2.75, 3.05) is 0 Å². The fourth-order valence-corrected chi connectivity index (χ4v) is 2.46. The number of hydrogen-bond acceptors (Lipinski definition) is 3. The van der Waals surface area contributed by atoms with Gasteiger partial charge in [0.15, 0.2) is 11.6 Å². The highest BCUT2D eigenvalue weighted by molar-refractivity contribution is 5.86. The van der Waals surface area contributed by atoms with E-state index in [2.05, 4.69) is 12.2 Å². The molecule has 0 bridgehead atoms. The van der Waals surface area contributed by atoms with Crippen molar-refractivity contribution in [1.82, 2.24) is 0 Å². The Kier molecular flexibility index (Phi) is 4.12. The lowest BCUT2D eigenvalue weighted by Gasteiger charge is -2.35. The molecule has 1 aliphatic rings. The van der Waals surface area contributed by atoms with Gasteiger partial charge in [0.25, 0.3) is 0 Å². The van der Waals surface area contributed by atoms with E-state index in [9.17, 15) is 14.3 Å². The van der Waals surface area contributed by atoms with Gasteiger partial charge in [-0.2, -0.15) is 0 Å². The number of allylic oxidation sites excluding steroid dienone is 1. The molecule has 0 aromatic heterocycles. The standard InChI is InChI=1S/C16H19FO3/c1-16(2,12-6-4-3-5-7-12)20-14-10-11(15(18)19)8-9-13(14)17/h4,6,8-10,12H,3,5,7H2,1-2H3,(H,18,19)/p-1. The van der Waals surface area contributed by atoms with Crippen LogP contribution < -0.4 is 9.84 Å². The van der Waals surface area contributed by atoms with Gasteiger partial charge in [0, 0.05) is 11.5 Å². The smallest absolute Gasteiger partial charge is 0.165 e. The molecule has 1 aromatic carbocycles. The second kappa shape index (κ2) is 5.65. The summed E-state index contributed by atoms with van der Waals surface area (Å²) in [5, 5.41) is 10.8. The van der Waals surface area contributed by atoms with Crippen molar-refractivity contribution in [3.05, 3.63) is 41.7 Å². The minimum absolute atomic E-state index is 0.0457. The monoisotopic (exact) mass is 277 g/mol. The summed E-state index contributed by atoms with van der Waals surface area (Å²) < 4.78 is 19.5. The summed E-state index contributed by atoms with van der Waals surface area (Å²) in [6.45, 7) is 3.77. The third-order valence-electron chi connectivity index (χ3n) is 3.69. The summed E-state index contributed by atoms with van der Waals surface area (Å²) in [6, 6.07) is 3.44. The Balaban J connectivity index is 2.23. The summed E-state index contributed by atoms with van der Waals surface area (Å²) in [5.41, 5.74) is -0.682. The Morgan fingerprint density at radius 2 is 2.20 bits per heavy atom. The van der Waals surface area contributed by atoms with Crippen molar-refractivity contribution in [3.8, 4) is 5.75 Å². The number of benzene rings is 1. The average molecular weight is 277 g/mol. The summed E-state index contributed by atoms with van der Waals surface area (Å²) >= 11 is 0. The SMILES string of the molecule is CC(C)(Oc1cc(C(=O)[O-])ccc1F)C1C=CCCC1. The highest BCUT2D eigenvalue weighted by Crippen LogP contribution is 2.33. The maximum Gasteiger partial charge on any atom is 0.165 e. The van der Waals surface area contributed by atoms with Gasteiger partial charge in [0.1, 0.15) is 5.60 Å². The fraction of sp³-hybridized carbons (Fsp3) is 0.438. The Hall–Kier alpha value is -1.84. The number of carbonyl (C=O) groups is 1. The number of carbonyl (C=O) groups excluding carboxylic acids is 1. The van der Waals surface area contributed by atoms with E-state index in [-0.39, 0.29) is 17.2 Å². The van der Waals surface area contributed by atoms with Gasteiger partial charge in [-0.25, -0.2) is 4.39 Å². The summed E-state index contributed by atoms with van der Waals surface area (Å²) in [5.74, 6) is -1.77. The lowest BCUT2D eigenvalue weighted by molar-refractivity contribution is -0.255. The van der Waals surface area contributed by atoms with E-state index in [4.69, 9.17) is 4.74 Å². The molecular formula is C16H18FO3-. The molecule has 1 atom stereocenters. The second-order valence-corrected chi connectivity index (χ2v) is 5.60. The predicted molar refractivity (Wildman–Crippen MR) is 71.9 cm³/mol. The zero-order chi connectivity index (χ0) is 14.8. The number of ether oxygens (including phenoxy) is 1. The van der Waals surface area contributed by atoms with E-state index in [0.29, 0.717) is 0 Å². The van der Waals surface area contributed by atoms with Crippen LogP contribution in [0.4, 0.5) is 4.39 Å².